The summed E-state index contributed by atoms with van der Waals surface area (Å²) in [6, 6.07) is 5.44. The Kier molecular flexibility index (Phi) is 2.00. The lowest BCUT2D eigenvalue weighted by Crippen LogP contribution is -1.98. The number of ether oxygens (including phenoxy) is 1. The number of carbonyl (C=O) groups is 1. The van der Waals surface area contributed by atoms with Crippen LogP contribution in [0.3, 0.4) is 0 Å². The highest BCUT2D eigenvalue weighted by atomic mass is 16.5. The number of rotatable bonds is 1. The van der Waals surface area contributed by atoms with Crippen molar-refractivity contribution < 1.29 is 9.53 Å². The summed E-state index contributed by atoms with van der Waals surface area (Å²) in [4.78, 5) is 11.7. The summed E-state index contributed by atoms with van der Waals surface area (Å²) in [5.41, 5.74) is 2.06. The first-order valence-corrected chi connectivity index (χ1v) is 4.43. The molecule has 1 heterocycles. The zero-order valence-corrected chi connectivity index (χ0v) is 8.13. The first-order valence-electron chi connectivity index (χ1n) is 4.43. The SMILES string of the molecule is C/C=C1/Nc2c(OC)cccc2C1=O. The maximum absolute atomic E-state index is 11.7. The minimum atomic E-state index is 0.0291. The summed E-state index contributed by atoms with van der Waals surface area (Å²) >= 11 is 0. The molecule has 72 valence electrons. The number of anilines is 1. The zero-order valence-electron chi connectivity index (χ0n) is 8.13. The van der Waals surface area contributed by atoms with Crippen LogP contribution >= 0.6 is 0 Å². The highest BCUT2D eigenvalue weighted by Gasteiger charge is 2.26. The minimum absolute atomic E-state index is 0.0291. The second-order valence-electron chi connectivity index (χ2n) is 3.04. The maximum atomic E-state index is 11.7. The molecule has 0 spiro atoms. The fraction of sp³-hybridized carbons (Fsp3) is 0.182. The fourth-order valence-electron chi connectivity index (χ4n) is 1.56. The molecule has 0 saturated carbocycles. The number of ketones is 1. The normalized spacial score (nSPS) is 16.7. The largest absolute Gasteiger partial charge is 0.495 e. The number of benzene rings is 1. The van der Waals surface area contributed by atoms with E-state index in [1.807, 2.05) is 19.1 Å². The van der Waals surface area contributed by atoms with Crippen LogP contribution in [0.1, 0.15) is 17.3 Å². The maximum Gasteiger partial charge on any atom is 0.211 e. The van der Waals surface area contributed by atoms with E-state index in [2.05, 4.69) is 5.32 Å². The van der Waals surface area contributed by atoms with E-state index in [1.54, 1.807) is 19.3 Å². The van der Waals surface area contributed by atoms with Gasteiger partial charge in [-0.25, -0.2) is 0 Å². The lowest BCUT2D eigenvalue weighted by Gasteiger charge is -2.05. The van der Waals surface area contributed by atoms with Crippen molar-refractivity contribution in [2.45, 2.75) is 6.92 Å². The average Bonchev–Trinajstić information content (AvgIpc) is 2.55. The Hall–Kier alpha value is -1.77. The van der Waals surface area contributed by atoms with Gasteiger partial charge in [0.05, 0.1) is 24.1 Å². The van der Waals surface area contributed by atoms with Gasteiger partial charge in [-0.1, -0.05) is 12.1 Å². The smallest absolute Gasteiger partial charge is 0.211 e. The zero-order chi connectivity index (χ0) is 10.1. The molecule has 3 heteroatoms. The van der Waals surface area contributed by atoms with Gasteiger partial charge in [0.2, 0.25) is 5.78 Å². The molecule has 1 aromatic rings. The molecule has 0 aliphatic carbocycles. The van der Waals surface area contributed by atoms with Gasteiger partial charge >= 0.3 is 0 Å². The Morgan fingerprint density at radius 1 is 1.43 bits per heavy atom. The van der Waals surface area contributed by atoms with E-state index in [0.717, 1.165) is 5.69 Å². The first-order chi connectivity index (χ1) is 6.77. The number of allylic oxidation sites excluding steroid dienone is 2. The summed E-state index contributed by atoms with van der Waals surface area (Å²) in [7, 11) is 1.59. The molecule has 0 unspecified atom stereocenters. The van der Waals surface area contributed by atoms with Crippen molar-refractivity contribution in [1.29, 1.82) is 0 Å². The van der Waals surface area contributed by atoms with Gasteiger partial charge in [0.1, 0.15) is 5.75 Å². The Balaban J connectivity index is 2.58. The molecule has 1 aliphatic rings. The molecule has 1 aliphatic heterocycles. The van der Waals surface area contributed by atoms with Crippen molar-refractivity contribution >= 4 is 11.5 Å². The summed E-state index contributed by atoms with van der Waals surface area (Å²) in [5, 5.41) is 3.04. The summed E-state index contributed by atoms with van der Waals surface area (Å²) in [6.45, 7) is 1.83. The lowest BCUT2D eigenvalue weighted by atomic mass is 10.1. The van der Waals surface area contributed by atoms with Gasteiger partial charge in [-0.05, 0) is 19.1 Å². The molecular formula is C11H11NO2. The van der Waals surface area contributed by atoms with Crippen LogP contribution in [0.25, 0.3) is 0 Å². The van der Waals surface area contributed by atoms with Crippen LogP contribution in [-0.2, 0) is 0 Å². The summed E-state index contributed by atoms with van der Waals surface area (Å²) < 4.78 is 5.16. The second-order valence-corrected chi connectivity index (χ2v) is 3.04. The lowest BCUT2D eigenvalue weighted by molar-refractivity contribution is 0.104. The van der Waals surface area contributed by atoms with Crippen LogP contribution < -0.4 is 10.1 Å². The van der Waals surface area contributed by atoms with Crippen LogP contribution in [-0.4, -0.2) is 12.9 Å². The van der Waals surface area contributed by atoms with Gasteiger partial charge in [-0.15, -0.1) is 0 Å². The average molecular weight is 189 g/mol. The topological polar surface area (TPSA) is 38.3 Å². The monoisotopic (exact) mass is 189 g/mol. The van der Waals surface area contributed by atoms with Gasteiger partial charge in [0.25, 0.3) is 0 Å². The molecule has 3 nitrogen and oxygen atoms in total. The number of methoxy groups -OCH3 is 1. The van der Waals surface area contributed by atoms with Crippen LogP contribution in [0.5, 0.6) is 5.75 Å². The van der Waals surface area contributed by atoms with Crippen LogP contribution in [0.4, 0.5) is 5.69 Å². The van der Waals surface area contributed by atoms with Gasteiger partial charge < -0.3 is 10.1 Å². The molecule has 0 amide bonds. The number of hydrogen-bond acceptors (Lipinski definition) is 3. The van der Waals surface area contributed by atoms with E-state index >= 15 is 0 Å². The number of para-hydroxylation sites is 1. The molecule has 14 heavy (non-hydrogen) atoms. The Labute approximate surface area is 82.4 Å². The number of Topliss-reactive ketones (excluding diaryl/α,β-unsaturated/α-hetero) is 1. The van der Waals surface area contributed by atoms with Crippen molar-refractivity contribution in [2.75, 3.05) is 12.4 Å². The van der Waals surface area contributed by atoms with Crippen LogP contribution in [0.15, 0.2) is 30.0 Å². The van der Waals surface area contributed by atoms with Crippen molar-refractivity contribution in [3.63, 3.8) is 0 Å². The number of hydrogen-bond donors (Lipinski definition) is 1. The van der Waals surface area contributed by atoms with Gasteiger partial charge in [0, 0.05) is 0 Å². The molecule has 0 saturated heterocycles. The predicted molar refractivity (Wildman–Crippen MR) is 54.7 cm³/mol. The van der Waals surface area contributed by atoms with E-state index in [-0.39, 0.29) is 5.78 Å². The van der Waals surface area contributed by atoms with E-state index < -0.39 is 0 Å². The first kappa shape index (κ1) is 8.81. The molecule has 0 atom stereocenters. The number of fused-ring (bicyclic) bond motifs is 1. The third-order valence-electron chi connectivity index (χ3n) is 2.28. The molecular weight excluding hydrogens is 178 g/mol. The Bertz CT molecular complexity index is 421. The van der Waals surface area contributed by atoms with Gasteiger partial charge in [-0.2, -0.15) is 0 Å². The van der Waals surface area contributed by atoms with Crippen molar-refractivity contribution in [3.8, 4) is 5.75 Å². The minimum Gasteiger partial charge on any atom is -0.495 e. The summed E-state index contributed by atoms with van der Waals surface area (Å²) in [6.07, 6.45) is 1.77. The molecule has 0 aromatic heterocycles. The third-order valence-corrected chi connectivity index (χ3v) is 2.28. The number of carbonyl (C=O) groups excluding carboxylic acids is 1. The molecule has 0 radical (unpaired) electrons. The van der Waals surface area contributed by atoms with Crippen LogP contribution in [0.2, 0.25) is 0 Å². The van der Waals surface area contributed by atoms with Gasteiger partial charge in [-0.3, -0.25) is 4.79 Å². The van der Waals surface area contributed by atoms with E-state index in [1.165, 1.54) is 0 Å². The van der Waals surface area contributed by atoms with Crippen molar-refractivity contribution in [1.82, 2.24) is 0 Å². The molecule has 0 bridgehead atoms. The highest BCUT2D eigenvalue weighted by molar-refractivity contribution is 6.19. The quantitative estimate of drug-likeness (QED) is 0.688. The van der Waals surface area contributed by atoms with E-state index in [4.69, 9.17) is 4.74 Å². The Morgan fingerprint density at radius 2 is 2.21 bits per heavy atom. The second kappa shape index (κ2) is 3.18. The van der Waals surface area contributed by atoms with E-state index in [9.17, 15) is 4.79 Å². The Morgan fingerprint density at radius 3 is 2.86 bits per heavy atom. The predicted octanol–water partition coefficient (Wildman–Crippen LogP) is 2.21. The standard InChI is InChI=1S/C11H11NO2/c1-3-8-11(13)7-5-4-6-9(14-2)10(7)12-8/h3-6,12H,1-2H3/b8-3+. The molecule has 0 fully saturated rings. The molecule has 1 N–H and O–H groups in total. The highest BCUT2D eigenvalue weighted by Crippen LogP contribution is 2.35. The molecule has 2 rings (SSSR count). The summed E-state index contributed by atoms with van der Waals surface area (Å²) in [5.74, 6) is 0.731. The fourth-order valence-corrected chi connectivity index (χ4v) is 1.56. The molecule has 1 aromatic carbocycles. The van der Waals surface area contributed by atoms with E-state index in [0.29, 0.717) is 17.0 Å². The van der Waals surface area contributed by atoms with Crippen molar-refractivity contribution in [3.05, 3.63) is 35.5 Å². The van der Waals surface area contributed by atoms with Crippen molar-refractivity contribution in [2.24, 2.45) is 0 Å². The third kappa shape index (κ3) is 1.09. The van der Waals surface area contributed by atoms with Gasteiger partial charge in [0.15, 0.2) is 0 Å². The van der Waals surface area contributed by atoms with Crippen LogP contribution in [0, 0.1) is 0 Å². The number of nitrogens with one attached hydrogen (secondary N) is 1.